The van der Waals surface area contributed by atoms with Gasteiger partial charge in [-0.3, -0.25) is 4.21 Å². The lowest BCUT2D eigenvalue weighted by atomic mass is 9.77. The first kappa shape index (κ1) is 20.8. The van der Waals surface area contributed by atoms with Gasteiger partial charge in [-0.1, -0.05) is 11.6 Å². The van der Waals surface area contributed by atoms with E-state index in [1.165, 1.54) is 0 Å². The number of piperidine rings is 1. The highest BCUT2D eigenvalue weighted by Gasteiger charge is 2.44. The molecule has 1 saturated carbocycles. The second kappa shape index (κ2) is 7.92. The summed E-state index contributed by atoms with van der Waals surface area (Å²) < 4.78 is 12.8. The maximum absolute atomic E-state index is 12.8. The van der Waals surface area contributed by atoms with E-state index in [4.69, 9.17) is 16.6 Å². The number of aliphatic hydroxyl groups excluding tert-OH is 1. The van der Waals surface area contributed by atoms with Gasteiger partial charge in [0.1, 0.15) is 17.5 Å². The molecule has 0 aromatic carbocycles. The molecule has 2 aromatic heterocycles. The number of hydrogen-bond acceptors (Lipinski definition) is 7. The summed E-state index contributed by atoms with van der Waals surface area (Å²) in [5, 5.41) is 14.1. The Morgan fingerprint density at radius 2 is 1.94 bits per heavy atom. The van der Waals surface area contributed by atoms with Crippen molar-refractivity contribution in [1.82, 2.24) is 15.0 Å². The van der Waals surface area contributed by atoms with E-state index in [-0.39, 0.29) is 12.1 Å². The summed E-state index contributed by atoms with van der Waals surface area (Å²) in [5.74, 6) is 3.60. The fraction of sp³-hybridized carbons (Fsp3) is 0.609. The highest BCUT2D eigenvalue weighted by molar-refractivity contribution is 7.85. The molecule has 2 N–H and O–H groups in total. The number of halogens is 1. The van der Waals surface area contributed by atoms with E-state index in [1.807, 2.05) is 0 Å². The topological polar surface area (TPSA) is 91.2 Å². The van der Waals surface area contributed by atoms with Crippen LogP contribution in [0.15, 0.2) is 23.4 Å². The van der Waals surface area contributed by atoms with Crippen LogP contribution in [0.3, 0.4) is 0 Å². The van der Waals surface area contributed by atoms with Gasteiger partial charge in [0.05, 0.1) is 32.9 Å². The summed E-state index contributed by atoms with van der Waals surface area (Å²) in [6.45, 7) is 0.0814. The van der Waals surface area contributed by atoms with Crippen LogP contribution in [-0.2, 0) is 17.2 Å². The summed E-state index contributed by atoms with van der Waals surface area (Å²) >= 11 is 5.98. The number of aliphatic hydroxyl groups is 1. The van der Waals surface area contributed by atoms with Crippen LogP contribution in [0.5, 0.6) is 0 Å². The standard InChI is InChI=1S/C23H28ClN5O2S/c24-16-11-25-21(26-12-16)15-8-17-2-3-18(9-15)29(17)19-10-14-4-7-32(31)20(14)22(27-19)28-23(13-30)5-1-6-23/h10-12,15,17-18,30H,1-9,13H2,(H,27,28). The first-order chi connectivity index (χ1) is 15.5. The Balaban J connectivity index is 1.31. The van der Waals surface area contributed by atoms with Crippen molar-refractivity contribution < 1.29 is 9.32 Å². The van der Waals surface area contributed by atoms with E-state index >= 15 is 0 Å². The lowest BCUT2D eigenvalue weighted by Crippen LogP contribution is -2.49. The Kier molecular flexibility index (Phi) is 5.15. The van der Waals surface area contributed by atoms with E-state index in [2.05, 4.69) is 26.3 Å². The third-order valence-corrected chi connectivity index (χ3v) is 9.50. The van der Waals surface area contributed by atoms with Crippen molar-refractivity contribution in [1.29, 1.82) is 0 Å². The van der Waals surface area contributed by atoms with Gasteiger partial charge >= 0.3 is 0 Å². The summed E-state index contributed by atoms with van der Waals surface area (Å²) in [7, 11) is -1.02. The van der Waals surface area contributed by atoms with Gasteiger partial charge in [0, 0.05) is 36.1 Å². The van der Waals surface area contributed by atoms with Crippen molar-refractivity contribution in [3.8, 4) is 0 Å². The quantitative estimate of drug-likeness (QED) is 0.687. The van der Waals surface area contributed by atoms with Crippen molar-refractivity contribution >= 4 is 34.0 Å². The summed E-state index contributed by atoms with van der Waals surface area (Å²) in [6.07, 6.45) is 11.4. The van der Waals surface area contributed by atoms with E-state index in [1.54, 1.807) is 12.4 Å². The third kappa shape index (κ3) is 3.42. The van der Waals surface area contributed by atoms with Gasteiger partial charge in [-0.2, -0.15) is 0 Å². The Morgan fingerprint density at radius 3 is 2.56 bits per heavy atom. The molecule has 170 valence electrons. The number of rotatable bonds is 5. The van der Waals surface area contributed by atoms with Crippen molar-refractivity contribution in [2.24, 2.45) is 0 Å². The molecule has 1 aliphatic carbocycles. The lowest BCUT2D eigenvalue weighted by Gasteiger charge is -2.42. The zero-order valence-corrected chi connectivity index (χ0v) is 19.5. The molecule has 3 aliphatic heterocycles. The maximum Gasteiger partial charge on any atom is 0.145 e. The van der Waals surface area contributed by atoms with Crippen LogP contribution < -0.4 is 10.2 Å². The third-order valence-electron chi connectivity index (χ3n) is 7.82. The summed E-state index contributed by atoms with van der Waals surface area (Å²) in [6, 6.07) is 2.97. The number of aromatic nitrogens is 3. The minimum atomic E-state index is -1.02. The zero-order chi connectivity index (χ0) is 21.9. The smallest absolute Gasteiger partial charge is 0.145 e. The van der Waals surface area contributed by atoms with Crippen molar-refractivity contribution in [2.45, 2.75) is 79.8 Å². The molecule has 0 radical (unpaired) electrons. The van der Waals surface area contributed by atoms with E-state index in [9.17, 15) is 9.32 Å². The lowest BCUT2D eigenvalue weighted by molar-refractivity contribution is 0.143. The number of nitrogens with zero attached hydrogens (tertiary/aromatic N) is 4. The average Bonchev–Trinajstić information content (AvgIpc) is 3.27. The molecule has 7 nitrogen and oxygen atoms in total. The molecular formula is C23H28ClN5O2S. The van der Waals surface area contributed by atoms with Crippen LogP contribution in [0.25, 0.3) is 0 Å². The molecule has 3 atom stereocenters. The van der Waals surface area contributed by atoms with E-state index < -0.39 is 10.8 Å². The first-order valence-electron chi connectivity index (χ1n) is 11.6. The second-order valence-corrected chi connectivity index (χ2v) is 11.7. The van der Waals surface area contributed by atoms with Gasteiger partial charge in [0.15, 0.2) is 0 Å². The molecule has 3 unspecified atom stereocenters. The normalized spacial score (nSPS) is 30.1. The predicted octanol–water partition coefficient (Wildman–Crippen LogP) is 3.43. The number of fused-ring (bicyclic) bond motifs is 3. The Hall–Kier alpha value is -1.77. The molecule has 5 heterocycles. The molecule has 9 heteroatoms. The first-order valence-corrected chi connectivity index (χ1v) is 13.3. The van der Waals surface area contributed by atoms with Gasteiger partial charge in [0.2, 0.25) is 0 Å². The minimum Gasteiger partial charge on any atom is -0.394 e. The van der Waals surface area contributed by atoms with Gasteiger partial charge in [0.25, 0.3) is 0 Å². The number of anilines is 2. The van der Waals surface area contributed by atoms with Gasteiger partial charge in [-0.15, -0.1) is 0 Å². The Morgan fingerprint density at radius 1 is 1.22 bits per heavy atom. The molecule has 4 aliphatic rings. The maximum atomic E-state index is 12.8. The largest absolute Gasteiger partial charge is 0.394 e. The molecule has 0 amide bonds. The molecular weight excluding hydrogens is 446 g/mol. The number of aryl methyl sites for hydroxylation is 1. The van der Waals surface area contributed by atoms with Crippen LogP contribution >= 0.6 is 11.6 Å². The van der Waals surface area contributed by atoms with Gasteiger partial charge < -0.3 is 15.3 Å². The minimum absolute atomic E-state index is 0.0814. The molecule has 2 aromatic rings. The number of pyridine rings is 1. The monoisotopic (exact) mass is 473 g/mol. The van der Waals surface area contributed by atoms with Crippen LogP contribution in [0, 0.1) is 0 Å². The van der Waals surface area contributed by atoms with E-state index in [0.29, 0.717) is 28.8 Å². The summed E-state index contributed by atoms with van der Waals surface area (Å²) in [4.78, 5) is 17.4. The molecule has 2 bridgehead atoms. The summed E-state index contributed by atoms with van der Waals surface area (Å²) in [5.41, 5.74) is 0.829. The molecule has 0 spiro atoms. The highest BCUT2D eigenvalue weighted by Crippen LogP contribution is 2.46. The van der Waals surface area contributed by atoms with Crippen LogP contribution in [0.1, 0.15) is 62.3 Å². The zero-order valence-electron chi connectivity index (χ0n) is 18.0. The average molecular weight is 474 g/mol. The van der Waals surface area contributed by atoms with Gasteiger partial charge in [-0.05, 0) is 63.0 Å². The van der Waals surface area contributed by atoms with Crippen molar-refractivity contribution in [2.75, 3.05) is 22.6 Å². The van der Waals surface area contributed by atoms with Gasteiger partial charge in [-0.25, -0.2) is 15.0 Å². The predicted molar refractivity (Wildman–Crippen MR) is 125 cm³/mol. The van der Waals surface area contributed by atoms with Crippen molar-refractivity contribution in [3.05, 3.63) is 34.9 Å². The highest BCUT2D eigenvalue weighted by atomic mass is 35.5. The molecule has 32 heavy (non-hydrogen) atoms. The number of hydrogen-bond donors (Lipinski definition) is 2. The number of nitrogens with one attached hydrogen (secondary N) is 1. The van der Waals surface area contributed by atoms with Crippen LogP contribution in [-0.4, -0.2) is 54.2 Å². The fourth-order valence-electron chi connectivity index (χ4n) is 6.00. The molecule has 6 rings (SSSR count). The molecule has 3 fully saturated rings. The molecule has 2 saturated heterocycles. The SMILES string of the molecule is O=S1CCc2cc(N3C4CCC3CC(c3ncc(Cl)cn3)C4)nc(NC3(CO)CCC3)c21. The van der Waals surface area contributed by atoms with Crippen molar-refractivity contribution in [3.63, 3.8) is 0 Å². The Bertz CT molecular complexity index is 1040. The van der Waals surface area contributed by atoms with Crippen LogP contribution in [0.4, 0.5) is 11.6 Å². The van der Waals surface area contributed by atoms with E-state index in [0.717, 1.165) is 79.3 Å². The fourth-order valence-corrected chi connectivity index (χ4v) is 7.48. The Labute approximate surface area is 195 Å². The van der Waals surface area contributed by atoms with Crippen LogP contribution in [0.2, 0.25) is 5.02 Å². The second-order valence-electron chi connectivity index (χ2n) is 9.75.